The molecular weight excluding hydrogens is 483 g/mol. The van der Waals surface area contributed by atoms with Crippen LogP contribution < -0.4 is 10.2 Å². The maximum atomic E-state index is 11.9. The van der Waals surface area contributed by atoms with E-state index in [1.54, 1.807) is 18.2 Å². The van der Waals surface area contributed by atoms with Crippen molar-refractivity contribution in [3.63, 3.8) is 0 Å². The number of amides is 1. The van der Waals surface area contributed by atoms with E-state index in [4.69, 9.17) is 9.84 Å². The number of carbonyl (C=O) groups is 2. The van der Waals surface area contributed by atoms with E-state index in [2.05, 4.69) is 20.5 Å². The highest BCUT2D eigenvalue weighted by Gasteiger charge is 2.06. The number of nitrogens with zero attached hydrogens (tertiary/aromatic N) is 3. The van der Waals surface area contributed by atoms with Crippen molar-refractivity contribution >= 4 is 52.4 Å². The fraction of sp³-hybridized carbons (Fsp3) is 0.235. The van der Waals surface area contributed by atoms with Crippen molar-refractivity contribution in [1.29, 1.82) is 0 Å². The van der Waals surface area contributed by atoms with Crippen molar-refractivity contribution in [2.24, 2.45) is 5.10 Å². The Bertz CT molecular complexity index is 856. The Morgan fingerprint density at radius 3 is 2.63 bits per heavy atom. The number of halogens is 1. The first-order valence-corrected chi connectivity index (χ1v) is 9.81. The number of carboxylic acids is 1. The lowest BCUT2D eigenvalue weighted by atomic mass is 10.2. The highest BCUT2D eigenvalue weighted by Crippen LogP contribution is 2.21. The molecule has 0 aliphatic carbocycles. The maximum Gasteiger partial charge on any atom is 0.341 e. The van der Waals surface area contributed by atoms with Gasteiger partial charge in [0.15, 0.2) is 11.8 Å². The largest absolute Gasteiger partial charge is 0.481 e. The highest BCUT2D eigenvalue weighted by molar-refractivity contribution is 14.1. The molecule has 0 fully saturated rings. The van der Waals surface area contributed by atoms with Gasteiger partial charge in [-0.1, -0.05) is 11.8 Å². The van der Waals surface area contributed by atoms with Gasteiger partial charge in [-0.25, -0.2) is 20.2 Å². The van der Waals surface area contributed by atoms with Crippen LogP contribution >= 0.6 is 34.4 Å². The van der Waals surface area contributed by atoms with Crippen LogP contribution in [0.1, 0.15) is 17.0 Å². The summed E-state index contributed by atoms with van der Waals surface area (Å²) >= 11 is 3.28. The predicted octanol–water partition coefficient (Wildman–Crippen LogP) is 2.40. The predicted molar refractivity (Wildman–Crippen MR) is 110 cm³/mol. The molecule has 10 heteroatoms. The fourth-order valence-electron chi connectivity index (χ4n) is 1.95. The third-order valence-electron chi connectivity index (χ3n) is 3.00. The Kier molecular flexibility index (Phi) is 7.98. The Balaban J connectivity index is 1.84. The second kappa shape index (κ2) is 10.2. The third-order valence-corrected chi connectivity index (χ3v) is 4.69. The number of rotatable bonds is 8. The highest BCUT2D eigenvalue weighted by atomic mass is 127. The summed E-state index contributed by atoms with van der Waals surface area (Å²) in [6.07, 6.45) is 1.50. The van der Waals surface area contributed by atoms with Gasteiger partial charge in [0.1, 0.15) is 5.75 Å². The van der Waals surface area contributed by atoms with Crippen LogP contribution in [0.15, 0.2) is 34.5 Å². The van der Waals surface area contributed by atoms with Gasteiger partial charge in [-0.15, -0.1) is 0 Å². The number of aryl methyl sites for hydroxylation is 2. The van der Waals surface area contributed by atoms with Crippen molar-refractivity contribution in [3.8, 4) is 5.75 Å². The van der Waals surface area contributed by atoms with E-state index in [9.17, 15) is 9.59 Å². The Labute approximate surface area is 174 Å². The van der Waals surface area contributed by atoms with Gasteiger partial charge in [0, 0.05) is 11.4 Å². The van der Waals surface area contributed by atoms with Crippen LogP contribution in [0.25, 0.3) is 0 Å². The van der Waals surface area contributed by atoms with Crippen LogP contribution in [0.3, 0.4) is 0 Å². The molecule has 0 aliphatic rings. The summed E-state index contributed by atoms with van der Waals surface area (Å²) in [5, 5.41) is 13.1. The first-order valence-electron chi connectivity index (χ1n) is 7.74. The summed E-state index contributed by atoms with van der Waals surface area (Å²) < 4.78 is 5.89. The summed E-state index contributed by atoms with van der Waals surface area (Å²) in [6.45, 7) is 3.35. The van der Waals surface area contributed by atoms with Gasteiger partial charge in [0.2, 0.25) is 0 Å². The Morgan fingerprint density at radius 1 is 1.30 bits per heavy atom. The van der Waals surface area contributed by atoms with Crippen molar-refractivity contribution in [2.75, 3.05) is 12.4 Å². The average Bonchev–Trinajstić information content (AvgIpc) is 2.58. The normalized spacial score (nSPS) is 10.8. The van der Waals surface area contributed by atoms with Gasteiger partial charge < -0.3 is 9.84 Å². The van der Waals surface area contributed by atoms with Crippen molar-refractivity contribution in [1.82, 2.24) is 15.4 Å². The first-order chi connectivity index (χ1) is 12.8. The molecule has 1 amide bonds. The van der Waals surface area contributed by atoms with Crippen LogP contribution in [0, 0.1) is 17.4 Å². The molecule has 8 nitrogen and oxygen atoms in total. The molecule has 0 aliphatic heterocycles. The van der Waals surface area contributed by atoms with Gasteiger partial charge in [-0.05, 0) is 66.3 Å². The monoisotopic (exact) mass is 500 g/mol. The van der Waals surface area contributed by atoms with Crippen molar-refractivity contribution < 1.29 is 19.4 Å². The second-order valence-corrected chi connectivity index (χ2v) is 7.49. The van der Waals surface area contributed by atoms with Gasteiger partial charge in [0.05, 0.1) is 15.5 Å². The SMILES string of the molecule is Cc1cc(C)nc(SCC(=O)N/N=C\c2ccc(OCC(=O)O)c(I)c2)n1. The molecule has 1 aromatic carbocycles. The number of nitrogens with one attached hydrogen (secondary N) is 1. The summed E-state index contributed by atoms with van der Waals surface area (Å²) in [5.41, 5.74) is 4.90. The van der Waals surface area contributed by atoms with Crippen LogP contribution in [-0.4, -0.2) is 45.5 Å². The molecule has 0 radical (unpaired) electrons. The molecule has 2 N–H and O–H groups in total. The van der Waals surface area contributed by atoms with Crippen molar-refractivity contribution in [3.05, 3.63) is 44.8 Å². The number of ether oxygens (including phenoxy) is 1. The molecule has 1 aromatic heterocycles. The van der Waals surface area contributed by atoms with E-state index < -0.39 is 12.6 Å². The zero-order valence-corrected chi connectivity index (χ0v) is 17.6. The minimum atomic E-state index is -1.04. The van der Waals surface area contributed by atoms with Gasteiger partial charge >= 0.3 is 5.97 Å². The van der Waals surface area contributed by atoms with Gasteiger partial charge in [0.25, 0.3) is 5.91 Å². The number of aromatic nitrogens is 2. The number of hydrogen-bond donors (Lipinski definition) is 2. The molecule has 1 heterocycles. The topological polar surface area (TPSA) is 114 Å². The number of benzene rings is 1. The molecule has 0 unspecified atom stereocenters. The number of thioether (sulfide) groups is 1. The van der Waals surface area contributed by atoms with E-state index in [1.165, 1.54) is 18.0 Å². The smallest absolute Gasteiger partial charge is 0.341 e. The van der Waals surface area contributed by atoms with E-state index in [0.717, 1.165) is 20.5 Å². The van der Waals surface area contributed by atoms with E-state index in [-0.39, 0.29) is 11.7 Å². The van der Waals surface area contributed by atoms with Gasteiger partial charge in [-0.2, -0.15) is 5.10 Å². The lowest BCUT2D eigenvalue weighted by Crippen LogP contribution is -2.19. The zero-order chi connectivity index (χ0) is 19.8. The number of carboxylic acid groups (broad SMARTS) is 1. The van der Waals surface area contributed by atoms with E-state index in [0.29, 0.717) is 10.9 Å². The third kappa shape index (κ3) is 7.51. The minimum absolute atomic E-state index is 0.153. The zero-order valence-electron chi connectivity index (χ0n) is 14.6. The second-order valence-electron chi connectivity index (χ2n) is 5.39. The van der Waals surface area contributed by atoms with Crippen molar-refractivity contribution in [2.45, 2.75) is 19.0 Å². The molecular formula is C17H17IN4O4S. The minimum Gasteiger partial charge on any atom is -0.481 e. The van der Waals surface area contributed by atoms with Gasteiger partial charge in [-0.3, -0.25) is 4.79 Å². The molecule has 0 bridgehead atoms. The average molecular weight is 500 g/mol. The number of aliphatic carboxylic acids is 1. The maximum absolute atomic E-state index is 11.9. The van der Waals surface area contributed by atoms with E-state index in [1.807, 2.05) is 42.5 Å². The van der Waals surface area contributed by atoms with E-state index >= 15 is 0 Å². The Morgan fingerprint density at radius 2 is 2.00 bits per heavy atom. The molecule has 0 saturated heterocycles. The summed E-state index contributed by atoms with van der Waals surface area (Å²) in [7, 11) is 0. The molecule has 2 rings (SSSR count). The fourth-order valence-corrected chi connectivity index (χ4v) is 3.39. The number of hydrogen-bond acceptors (Lipinski definition) is 7. The van der Waals surface area contributed by atoms with Crippen LogP contribution in [0.2, 0.25) is 0 Å². The standard InChI is InChI=1S/C17H17IN4O4S/c1-10-5-11(2)21-17(20-10)27-9-15(23)22-19-7-12-3-4-14(13(18)6-12)26-8-16(24)25/h3-7H,8-9H2,1-2H3,(H,22,23)(H,24,25)/b19-7-. The molecule has 27 heavy (non-hydrogen) atoms. The molecule has 0 spiro atoms. The van der Waals surface area contributed by atoms with Crippen LogP contribution in [0.5, 0.6) is 5.75 Å². The summed E-state index contributed by atoms with van der Waals surface area (Å²) in [5.74, 6) is -0.679. The molecule has 0 saturated carbocycles. The summed E-state index contributed by atoms with van der Waals surface area (Å²) in [4.78, 5) is 30.9. The Hall–Kier alpha value is -2.21. The molecule has 0 atom stereocenters. The number of hydrazone groups is 1. The quantitative estimate of drug-likeness (QED) is 0.188. The van der Waals surface area contributed by atoms with Crippen LogP contribution in [-0.2, 0) is 9.59 Å². The van der Waals surface area contributed by atoms with Crippen LogP contribution in [0.4, 0.5) is 0 Å². The summed E-state index contributed by atoms with van der Waals surface area (Å²) in [6, 6.07) is 7.01. The lowest BCUT2D eigenvalue weighted by molar-refractivity contribution is -0.139. The first kappa shape index (κ1) is 21.1. The molecule has 2 aromatic rings. The lowest BCUT2D eigenvalue weighted by Gasteiger charge is -2.06. The number of carbonyl (C=O) groups excluding carboxylic acids is 1. The molecule has 142 valence electrons.